The number of hydrogen-bond acceptors (Lipinski definition) is 2. The zero-order chi connectivity index (χ0) is 11.1. The summed E-state index contributed by atoms with van der Waals surface area (Å²) in [6, 6.07) is 0.457. The first-order valence-corrected chi connectivity index (χ1v) is 5.40. The summed E-state index contributed by atoms with van der Waals surface area (Å²) in [6.45, 7) is 10.0. The van der Waals surface area contributed by atoms with Crippen molar-refractivity contribution in [3.8, 4) is 0 Å². The van der Waals surface area contributed by atoms with Crippen molar-refractivity contribution in [3.05, 3.63) is 0 Å². The number of rotatable bonds is 6. The maximum atomic E-state index is 11.5. The molecule has 3 heteroatoms. The summed E-state index contributed by atoms with van der Waals surface area (Å²) in [5.74, 6) is 0.772. The van der Waals surface area contributed by atoms with Crippen molar-refractivity contribution >= 4 is 5.91 Å². The quantitative estimate of drug-likeness (QED) is 0.704. The van der Waals surface area contributed by atoms with Crippen LogP contribution in [0.2, 0.25) is 0 Å². The fourth-order valence-corrected chi connectivity index (χ4v) is 1.31. The van der Waals surface area contributed by atoms with Gasteiger partial charge in [0.05, 0.1) is 0 Å². The Morgan fingerprint density at radius 3 is 2.29 bits per heavy atom. The first-order chi connectivity index (χ1) is 6.43. The van der Waals surface area contributed by atoms with Crippen molar-refractivity contribution < 1.29 is 4.79 Å². The molecule has 0 aliphatic rings. The Morgan fingerprint density at radius 2 is 1.86 bits per heavy atom. The van der Waals surface area contributed by atoms with Crippen molar-refractivity contribution in [1.82, 2.24) is 10.2 Å². The van der Waals surface area contributed by atoms with Gasteiger partial charge >= 0.3 is 0 Å². The molecule has 0 aromatic heterocycles. The Kier molecular flexibility index (Phi) is 6.54. The summed E-state index contributed by atoms with van der Waals surface area (Å²) in [6.07, 6.45) is 0.599. The standard InChI is InChI=1S/C11H24N2O/c1-9(2)8-13(5)11(14)6-7-12-10(3)4/h9-10,12H,6-8H2,1-5H3. The van der Waals surface area contributed by atoms with E-state index in [0.29, 0.717) is 18.4 Å². The van der Waals surface area contributed by atoms with Gasteiger partial charge in [0.25, 0.3) is 0 Å². The Hall–Kier alpha value is -0.570. The summed E-state index contributed by atoms with van der Waals surface area (Å²) in [5.41, 5.74) is 0. The van der Waals surface area contributed by atoms with Crippen LogP contribution >= 0.6 is 0 Å². The van der Waals surface area contributed by atoms with Gasteiger partial charge in [-0.2, -0.15) is 0 Å². The average Bonchev–Trinajstić information content (AvgIpc) is 2.01. The van der Waals surface area contributed by atoms with Gasteiger partial charge in [-0.3, -0.25) is 4.79 Å². The molecular weight excluding hydrogens is 176 g/mol. The predicted molar refractivity (Wildman–Crippen MR) is 60.2 cm³/mol. The molecule has 84 valence electrons. The first kappa shape index (κ1) is 13.4. The smallest absolute Gasteiger partial charge is 0.223 e. The van der Waals surface area contributed by atoms with Crippen LogP contribution in [-0.4, -0.2) is 37.0 Å². The van der Waals surface area contributed by atoms with Crippen molar-refractivity contribution in [2.24, 2.45) is 5.92 Å². The van der Waals surface area contributed by atoms with E-state index in [-0.39, 0.29) is 5.91 Å². The highest BCUT2D eigenvalue weighted by Gasteiger charge is 2.09. The van der Waals surface area contributed by atoms with E-state index in [9.17, 15) is 4.79 Å². The highest BCUT2D eigenvalue weighted by Crippen LogP contribution is 1.98. The van der Waals surface area contributed by atoms with Gasteiger partial charge in [-0.05, 0) is 5.92 Å². The van der Waals surface area contributed by atoms with Crippen LogP contribution < -0.4 is 5.32 Å². The second kappa shape index (κ2) is 6.82. The molecule has 3 nitrogen and oxygen atoms in total. The minimum Gasteiger partial charge on any atom is -0.345 e. The summed E-state index contributed by atoms with van der Waals surface area (Å²) in [7, 11) is 1.87. The molecule has 0 bridgehead atoms. The monoisotopic (exact) mass is 200 g/mol. The lowest BCUT2D eigenvalue weighted by Gasteiger charge is -2.19. The molecule has 1 amide bonds. The summed E-state index contributed by atoms with van der Waals surface area (Å²) < 4.78 is 0. The molecule has 0 spiro atoms. The van der Waals surface area contributed by atoms with Crippen LogP contribution in [0.1, 0.15) is 34.1 Å². The van der Waals surface area contributed by atoms with Crippen molar-refractivity contribution in [2.45, 2.75) is 40.2 Å². The predicted octanol–water partition coefficient (Wildman–Crippen LogP) is 1.49. The molecular formula is C11H24N2O. The van der Waals surface area contributed by atoms with Crippen molar-refractivity contribution in [1.29, 1.82) is 0 Å². The van der Waals surface area contributed by atoms with Crippen LogP contribution in [0.25, 0.3) is 0 Å². The summed E-state index contributed by atoms with van der Waals surface area (Å²) in [5, 5.41) is 3.24. The van der Waals surface area contributed by atoms with E-state index < -0.39 is 0 Å². The SMILES string of the molecule is CC(C)CN(C)C(=O)CCNC(C)C. The zero-order valence-electron chi connectivity index (χ0n) is 10.1. The van der Waals surface area contributed by atoms with E-state index in [2.05, 4.69) is 33.0 Å². The molecule has 0 heterocycles. The normalized spacial score (nSPS) is 11.1. The van der Waals surface area contributed by atoms with Crippen LogP contribution in [-0.2, 0) is 4.79 Å². The van der Waals surface area contributed by atoms with Crippen molar-refractivity contribution in [3.63, 3.8) is 0 Å². The molecule has 0 atom stereocenters. The molecule has 0 saturated carbocycles. The van der Waals surface area contributed by atoms with E-state index in [0.717, 1.165) is 13.1 Å². The van der Waals surface area contributed by atoms with Crippen LogP contribution in [0.3, 0.4) is 0 Å². The molecule has 1 N–H and O–H groups in total. The third-order valence-corrected chi connectivity index (χ3v) is 1.96. The molecule has 0 aliphatic heterocycles. The highest BCUT2D eigenvalue weighted by atomic mass is 16.2. The number of nitrogens with zero attached hydrogens (tertiary/aromatic N) is 1. The lowest BCUT2D eigenvalue weighted by molar-refractivity contribution is -0.130. The largest absolute Gasteiger partial charge is 0.345 e. The molecule has 14 heavy (non-hydrogen) atoms. The number of amides is 1. The van der Waals surface area contributed by atoms with E-state index in [1.165, 1.54) is 0 Å². The maximum Gasteiger partial charge on any atom is 0.223 e. The molecule has 0 radical (unpaired) electrons. The van der Waals surface area contributed by atoms with Crippen LogP contribution in [0, 0.1) is 5.92 Å². The fourth-order valence-electron chi connectivity index (χ4n) is 1.31. The fraction of sp³-hybridized carbons (Fsp3) is 0.909. The van der Waals surface area contributed by atoms with Crippen LogP contribution in [0.4, 0.5) is 0 Å². The molecule has 0 saturated heterocycles. The van der Waals surface area contributed by atoms with Gasteiger partial charge in [0.2, 0.25) is 5.91 Å². The first-order valence-electron chi connectivity index (χ1n) is 5.40. The topological polar surface area (TPSA) is 32.3 Å². The van der Waals surface area contributed by atoms with E-state index in [4.69, 9.17) is 0 Å². The zero-order valence-corrected chi connectivity index (χ0v) is 10.1. The third kappa shape index (κ3) is 6.89. The van der Waals surface area contributed by atoms with E-state index in [1.807, 2.05) is 11.9 Å². The van der Waals surface area contributed by atoms with Gasteiger partial charge in [-0.15, -0.1) is 0 Å². The summed E-state index contributed by atoms with van der Waals surface area (Å²) in [4.78, 5) is 13.4. The van der Waals surface area contributed by atoms with Crippen LogP contribution in [0.5, 0.6) is 0 Å². The molecule has 0 aromatic rings. The van der Waals surface area contributed by atoms with Gasteiger partial charge in [0.1, 0.15) is 0 Å². The third-order valence-electron chi connectivity index (χ3n) is 1.96. The van der Waals surface area contributed by atoms with Crippen molar-refractivity contribution in [2.75, 3.05) is 20.1 Å². The van der Waals surface area contributed by atoms with Gasteiger partial charge in [-0.1, -0.05) is 27.7 Å². The summed E-state index contributed by atoms with van der Waals surface area (Å²) >= 11 is 0. The molecule has 0 rings (SSSR count). The highest BCUT2D eigenvalue weighted by molar-refractivity contribution is 5.76. The second-order valence-electron chi connectivity index (χ2n) is 4.53. The second-order valence-corrected chi connectivity index (χ2v) is 4.53. The number of hydrogen-bond donors (Lipinski definition) is 1. The molecule has 0 unspecified atom stereocenters. The molecule has 0 aromatic carbocycles. The lowest BCUT2D eigenvalue weighted by Crippen LogP contribution is -2.33. The maximum absolute atomic E-state index is 11.5. The van der Waals surface area contributed by atoms with E-state index in [1.54, 1.807) is 0 Å². The van der Waals surface area contributed by atoms with E-state index >= 15 is 0 Å². The number of nitrogens with one attached hydrogen (secondary N) is 1. The Morgan fingerprint density at radius 1 is 1.29 bits per heavy atom. The van der Waals surface area contributed by atoms with Gasteiger partial charge in [0.15, 0.2) is 0 Å². The molecule has 0 fully saturated rings. The minimum atomic E-state index is 0.229. The molecule has 0 aliphatic carbocycles. The lowest BCUT2D eigenvalue weighted by atomic mass is 10.2. The van der Waals surface area contributed by atoms with Gasteiger partial charge < -0.3 is 10.2 Å². The van der Waals surface area contributed by atoms with Gasteiger partial charge in [0, 0.05) is 32.6 Å². The Balaban J connectivity index is 3.62. The van der Waals surface area contributed by atoms with Gasteiger partial charge in [-0.25, -0.2) is 0 Å². The average molecular weight is 200 g/mol. The minimum absolute atomic E-state index is 0.229. The Labute approximate surface area is 87.9 Å². The van der Waals surface area contributed by atoms with Crippen LogP contribution in [0.15, 0.2) is 0 Å². The number of carbonyl (C=O) groups is 1. The number of carbonyl (C=O) groups excluding carboxylic acids is 1. The Bertz CT molecular complexity index is 167.